The molecule has 1 aromatic carbocycles. The van der Waals surface area contributed by atoms with Gasteiger partial charge in [-0.05, 0) is 30.7 Å². The zero-order valence-corrected chi connectivity index (χ0v) is 12.4. The van der Waals surface area contributed by atoms with E-state index in [1.165, 1.54) is 12.1 Å². The predicted molar refractivity (Wildman–Crippen MR) is 79.0 cm³/mol. The van der Waals surface area contributed by atoms with E-state index in [1.54, 1.807) is 17.0 Å². The summed E-state index contributed by atoms with van der Waals surface area (Å²) in [5, 5.41) is 8.04. The highest BCUT2D eigenvalue weighted by molar-refractivity contribution is 7.89. The predicted octanol–water partition coefficient (Wildman–Crippen LogP) is 1.31. The molecule has 1 saturated heterocycles. The van der Waals surface area contributed by atoms with Gasteiger partial charge in [0.25, 0.3) is 10.0 Å². The number of sulfonamides is 1. The highest BCUT2D eigenvalue weighted by Crippen LogP contribution is 2.21. The lowest BCUT2D eigenvalue weighted by atomic mass is 10.3. The lowest BCUT2D eigenvalue weighted by Gasteiger charge is -2.21. The minimum Gasteiger partial charge on any atom is -0.399 e. The fourth-order valence-electron chi connectivity index (χ4n) is 2.15. The van der Waals surface area contributed by atoms with Crippen LogP contribution in [0.25, 0.3) is 0 Å². The van der Waals surface area contributed by atoms with E-state index in [-0.39, 0.29) is 10.9 Å². The van der Waals surface area contributed by atoms with Crippen LogP contribution in [0.15, 0.2) is 29.2 Å². The number of benzene rings is 1. The molecule has 1 aliphatic heterocycles. The van der Waals surface area contributed by atoms with Crippen molar-refractivity contribution in [2.75, 3.05) is 25.4 Å². The number of rotatable bonds is 5. The van der Waals surface area contributed by atoms with E-state index in [2.05, 4.69) is 6.92 Å². The monoisotopic (exact) mass is 296 g/mol. The van der Waals surface area contributed by atoms with Gasteiger partial charge in [0, 0.05) is 18.8 Å². The maximum absolute atomic E-state index is 12.5. The molecule has 0 unspecified atom stereocenters. The van der Waals surface area contributed by atoms with Gasteiger partial charge in [-0.15, -0.1) is 0 Å². The molecule has 0 aliphatic carbocycles. The summed E-state index contributed by atoms with van der Waals surface area (Å²) in [5.41, 5.74) is 6.09. The molecule has 0 atom stereocenters. The number of nitrogen functional groups attached to an aromatic ring is 1. The van der Waals surface area contributed by atoms with Crippen LogP contribution in [0.1, 0.15) is 19.8 Å². The summed E-state index contributed by atoms with van der Waals surface area (Å²) in [6.45, 7) is 3.70. The van der Waals surface area contributed by atoms with Crippen LogP contribution in [0.5, 0.6) is 0 Å². The number of hydrogen-bond acceptors (Lipinski definition) is 4. The zero-order chi connectivity index (χ0) is 14.8. The van der Waals surface area contributed by atoms with Crippen LogP contribution in [0.4, 0.5) is 5.69 Å². The SMILES string of the molecule is CCCCN1CCN(S(=O)(=O)c2ccc(N)cc2)C1=N. The zero-order valence-electron chi connectivity index (χ0n) is 11.5. The molecule has 0 saturated carbocycles. The van der Waals surface area contributed by atoms with E-state index in [0.29, 0.717) is 18.8 Å². The van der Waals surface area contributed by atoms with Crippen LogP contribution in [0, 0.1) is 5.41 Å². The molecule has 110 valence electrons. The van der Waals surface area contributed by atoms with Crippen molar-refractivity contribution in [3.63, 3.8) is 0 Å². The smallest absolute Gasteiger partial charge is 0.266 e. The van der Waals surface area contributed by atoms with Crippen LogP contribution in [-0.2, 0) is 10.0 Å². The summed E-state index contributed by atoms with van der Waals surface area (Å²) in [6.07, 6.45) is 1.98. The van der Waals surface area contributed by atoms with E-state index >= 15 is 0 Å². The van der Waals surface area contributed by atoms with Gasteiger partial charge in [-0.25, -0.2) is 12.7 Å². The lowest BCUT2D eigenvalue weighted by Crippen LogP contribution is -2.37. The average molecular weight is 296 g/mol. The molecule has 3 N–H and O–H groups in total. The molecule has 2 rings (SSSR count). The van der Waals surface area contributed by atoms with Gasteiger partial charge in [-0.3, -0.25) is 5.41 Å². The minimum absolute atomic E-state index is 0.0651. The first kappa shape index (κ1) is 14.6. The van der Waals surface area contributed by atoms with Gasteiger partial charge in [0.05, 0.1) is 11.4 Å². The third-order valence-corrected chi connectivity index (χ3v) is 5.16. The Bertz CT molecular complexity index is 583. The molecular weight excluding hydrogens is 276 g/mol. The van der Waals surface area contributed by atoms with Gasteiger partial charge in [0.1, 0.15) is 0 Å². The number of anilines is 1. The molecule has 1 fully saturated rings. The van der Waals surface area contributed by atoms with Crippen LogP contribution < -0.4 is 5.73 Å². The van der Waals surface area contributed by atoms with Crippen LogP contribution in [-0.4, -0.2) is 43.2 Å². The van der Waals surface area contributed by atoms with Crippen molar-refractivity contribution in [3.05, 3.63) is 24.3 Å². The lowest BCUT2D eigenvalue weighted by molar-refractivity contribution is 0.445. The van der Waals surface area contributed by atoms with Crippen molar-refractivity contribution in [2.45, 2.75) is 24.7 Å². The van der Waals surface area contributed by atoms with Crippen molar-refractivity contribution in [1.29, 1.82) is 5.41 Å². The van der Waals surface area contributed by atoms with E-state index < -0.39 is 10.0 Å². The third-order valence-electron chi connectivity index (χ3n) is 3.36. The Morgan fingerprint density at radius 2 is 1.90 bits per heavy atom. The van der Waals surface area contributed by atoms with E-state index in [1.807, 2.05) is 0 Å². The van der Waals surface area contributed by atoms with Crippen molar-refractivity contribution in [1.82, 2.24) is 9.21 Å². The van der Waals surface area contributed by atoms with Gasteiger partial charge < -0.3 is 10.6 Å². The van der Waals surface area contributed by atoms with Crippen molar-refractivity contribution < 1.29 is 8.42 Å². The van der Waals surface area contributed by atoms with Crippen molar-refractivity contribution >= 4 is 21.7 Å². The normalized spacial score (nSPS) is 15.9. The summed E-state index contributed by atoms with van der Waals surface area (Å²) in [5.74, 6) is 0.0651. The molecule has 0 amide bonds. The molecule has 1 aromatic rings. The quantitative estimate of drug-likeness (QED) is 0.802. The standard InChI is InChI=1S/C13H20N4O2S/c1-2-3-8-16-9-10-17(13(16)15)20(18,19)12-6-4-11(14)5-7-12/h4-7,15H,2-3,8-10,14H2,1H3. The molecule has 20 heavy (non-hydrogen) atoms. The third kappa shape index (κ3) is 2.72. The summed E-state index contributed by atoms with van der Waals surface area (Å²) < 4.78 is 26.1. The molecule has 0 spiro atoms. The Labute approximate surface area is 119 Å². The second kappa shape index (κ2) is 5.70. The Kier molecular flexibility index (Phi) is 4.17. The second-order valence-corrected chi connectivity index (χ2v) is 6.67. The minimum atomic E-state index is -3.65. The first-order valence-electron chi connectivity index (χ1n) is 6.68. The maximum Gasteiger partial charge on any atom is 0.266 e. The van der Waals surface area contributed by atoms with Crippen molar-refractivity contribution in [3.8, 4) is 0 Å². The summed E-state index contributed by atoms with van der Waals surface area (Å²) in [6, 6.07) is 6.07. The fraction of sp³-hybridized carbons (Fsp3) is 0.462. The summed E-state index contributed by atoms with van der Waals surface area (Å²) in [7, 11) is -3.65. The van der Waals surface area contributed by atoms with E-state index in [9.17, 15) is 8.42 Å². The summed E-state index contributed by atoms with van der Waals surface area (Å²) in [4.78, 5) is 1.98. The topological polar surface area (TPSA) is 90.5 Å². The molecular formula is C13H20N4O2S. The highest BCUT2D eigenvalue weighted by Gasteiger charge is 2.34. The number of hydrogen-bond donors (Lipinski definition) is 2. The number of unbranched alkanes of at least 4 members (excludes halogenated alkanes) is 1. The number of nitrogens with zero attached hydrogens (tertiary/aromatic N) is 2. The van der Waals surface area contributed by atoms with Gasteiger partial charge in [0.2, 0.25) is 5.96 Å². The van der Waals surface area contributed by atoms with Gasteiger partial charge in [-0.1, -0.05) is 13.3 Å². The van der Waals surface area contributed by atoms with Crippen LogP contribution in [0.3, 0.4) is 0 Å². The van der Waals surface area contributed by atoms with Gasteiger partial charge >= 0.3 is 0 Å². The van der Waals surface area contributed by atoms with E-state index in [0.717, 1.165) is 23.7 Å². The molecule has 0 bridgehead atoms. The number of guanidine groups is 1. The Balaban J connectivity index is 2.19. The molecule has 0 aromatic heterocycles. The highest BCUT2D eigenvalue weighted by atomic mass is 32.2. The van der Waals surface area contributed by atoms with Crippen LogP contribution in [0.2, 0.25) is 0 Å². The van der Waals surface area contributed by atoms with Crippen LogP contribution >= 0.6 is 0 Å². The van der Waals surface area contributed by atoms with Gasteiger partial charge in [0.15, 0.2) is 0 Å². The maximum atomic E-state index is 12.5. The molecule has 7 heteroatoms. The largest absolute Gasteiger partial charge is 0.399 e. The molecule has 0 radical (unpaired) electrons. The van der Waals surface area contributed by atoms with E-state index in [4.69, 9.17) is 11.1 Å². The first-order valence-corrected chi connectivity index (χ1v) is 8.12. The van der Waals surface area contributed by atoms with Gasteiger partial charge in [-0.2, -0.15) is 0 Å². The average Bonchev–Trinajstić information content (AvgIpc) is 2.79. The number of nitrogens with one attached hydrogen (secondary N) is 1. The second-order valence-electron chi connectivity index (χ2n) is 4.81. The molecule has 1 aliphatic rings. The Morgan fingerprint density at radius 3 is 2.50 bits per heavy atom. The Hall–Kier alpha value is -1.76. The number of nitrogens with two attached hydrogens (primary N) is 1. The first-order chi connectivity index (χ1) is 9.46. The van der Waals surface area contributed by atoms with Crippen molar-refractivity contribution in [2.24, 2.45) is 0 Å². The fourth-order valence-corrected chi connectivity index (χ4v) is 3.55. The molecule has 6 nitrogen and oxygen atoms in total. The Morgan fingerprint density at radius 1 is 1.25 bits per heavy atom. The summed E-state index contributed by atoms with van der Waals surface area (Å²) >= 11 is 0. The molecule has 1 heterocycles.